The fourth-order valence-corrected chi connectivity index (χ4v) is 7.58. The summed E-state index contributed by atoms with van der Waals surface area (Å²) in [6.07, 6.45) is 0.963. The zero-order valence-electron chi connectivity index (χ0n) is 26.2. The van der Waals surface area contributed by atoms with Crippen LogP contribution in [0.5, 0.6) is 5.75 Å². The van der Waals surface area contributed by atoms with E-state index in [1.165, 1.54) is 12.1 Å². The monoisotopic (exact) mass is 666 g/mol. The third-order valence-corrected chi connectivity index (χ3v) is 10.5. The van der Waals surface area contributed by atoms with Gasteiger partial charge in [0.15, 0.2) is 6.29 Å². The summed E-state index contributed by atoms with van der Waals surface area (Å²) >= 11 is 0. The Labute approximate surface area is 275 Å². The number of carbonyl (C=O) groups excluding carboxylic acids is 1. The van der Waals surface area contributed by atoms with E-state index in [0.29, 0.717) is 25.2 Å². The number of nitrogens with zero attached hydrogens (tertiary/aromatic N) is 1. The number of sulfonamides is 1. The van der Waals surface area contributed by atoms with Crippen LogP contribution in [0.2, 0.25) is 0 Å². The average molecular weight is 667 g/mol. The third-order valence-electron chi connectivity index (χ3n) is 8.83. The van der Waals surface area contributed by atoms with Crippen molar-refractivity contribution in [2.75, 3.05) is 19.8 Å². The minimum absolute atomic E-state index is 0.0326. The van der Waals surface area contributed by atoms with Crippen molar-refractivity contribution in [1.29, 1.82) is 0 Å². The summed E-state index contributed by atoms with van der Waals surface area (Å²) in [7, 11) is -4.26. The second kappa shape index (κ2) is 15.6. The molecule has 252 valence electrons. The van der Waals surface area contributed by atoms with Crippen molar-refractivity contribution in [1.82, 2.24) is 9.79 Å². The summed E-state index contributed by atoms with van der Waals surface area (Å²) in [6, 6.07) is 24.3. The van der Waals surface area contributed by atoms with E-state index in [1.54, 1.807) is 12.1 Å². The van der Waals surface area contributed by atoms with Gasteiger partial charge in [-0.05, 0) is 48.9 Å². The number of hydrogen-bond donors (Lipinski definition) is 2. The molecule has 3 aromatic rings. The van der Waals surface area contributed by atoms with E-state index in [4.69, 9.17) is 23.8 Å². The molecule has 5 atom stereocenters. The van der Waals surface area contributed by atoms with E-state index in [-0.39, 0.29) is 42.8 Å². The standard InChI is InChI=1S/C35H42N2O9S/c38-32(31(20-25-10-3-1-4-11-25)36-35(39)45-33-24-44-34-30(33)18-19-42-34)22-37(46-27-14-7-8-15-27)47(40,41)29-17-9-16-28(21-29)43-23-26-12-5-2-6-13-26/h1-6,9-13,16-17,21,27,30-34,38H,7-8,14-15,18-20,22-24H2,(H,36,39)/t30-,31-,32+,33?,34+/m0/s1. The van der Waals surface area contributed by atoms with Crippen LogP contribution in [0.3, 0.4) is 0 Å². The molecule has 11 nitrogen and oxygen atoms in total. The molecule has 3 aromatic carbocycles. The first-order valence-electron chi connectivity index (χ1n) is 16.2. The lowest BCUT2D eigenvalue weighted by Crippen LogP contribution is -2.51. The van der Waals surface area contributed by atoms with Crippen molar-refractivity contribution in [2.45, 2.75) is 80.7 Å². The van der Waals surface area contributed by atoms with Gasteiger partial charge in [-0.3, -0.25) is 4.84 Å². The van der Waals surface area contributed by atoms with Crippen LogP contribution in [0, 0.1) is 5.92 Å². The number of benzene rings is 3. The second-order valence-corrected chi connectivity index (χ2v) is 14.1. The summed E-state index contributed by atoms with van der Waals surface area (Å²) in [4.78, 5) is 19.2. The van der Waals surface area contributed by atoms with E-state index in [9.17, 15) is 18.3 Å². The zero-order chi connectivity index (χ0) is 32.6. The Hall–Kier alpha value is -3.52. The number of carbonyl (C=O) groups is 1. The van der Waals surface area contributed by atoms with Crippen LogP contribution in [-0.4, -0.2) is 74.5 Å². The molecule has 47 heavy (non-hydrogen) atoms. The third kappa shape index (κ3) is 8.69. The average Bonchev–Trinajstić information content (AvgIpc) is 3.85. The molecule has 2 N–H and O–H groups in total. The molecule has 3 fully saturated rings. The number of ether oxygens (including phenoxy) is 4. The van der Waals surface area contributed by atoms with Gasteiger partial charge in [0.2, 0.25) is 0 Å². The number of aliphatic hydroxyl groups excluding tert-OH is 1. The van der Waals surface area contributed by atoms with Gasteiger partial charge in [-0.25, -0.2) is 13.2 Å². The highest BCUT2D eigenvalue weighted by Gasteiger charge is 2.44. The Kier molecular flexibility index (Phi) is 11.1. The SMILES string of the molecule is O=C(N[C@@H](Cc1ccccc1)[C@H](O)CN(OC1CCCC1)S(=O)(=O)c1cccc(OCc2ccccc2)c1)OC1CO[C@H]2OCC[C@@H]12. The van der Waals surface area contributed by atoms with Gasteiger partial charge in [0.25, 0.3) is 10.0 Å². The van der Waals surface area contributed by atoms with Crippen LogP contribution < -0.4 is 10.1 Å². The molecule has 2 aliphatic heterocycles. The van der Waals surface area contributed by atoms with E-state index < -0.39 is 40.9 Å². The van der Waals surface area contributed by atoms with Crippen molar-refractivity contribution in [3.63, 3.8) is 0 Å². The van der Waals surface area contributed by atoms with Crippen LogP contribution in [0.1, 0.15) is 43.2 Å². The molecule has 6 rings (SSSR count). The highest BCUT2D eigenvalue weighted by Crippen LogP contribution is 2.33. The van der Waals surface area contributed by atoms with Crippen molar-refractivity contribution in [2.24, 2.45) is 5.92 Å². The topological polar surface area (TPSA) is 133 Å². The molecule has 1 saturated carbocycles. The number of hydroxylamine groups is 1. The first-order chi connectivity index (χ1) is 22.8. The first-order valence-corrected chi connectivity index (χ1v) is 17.7. The van der Waals surface area contributed by atoms with Crippen LogP contribution in [-0.2, 0) is 42.1 Å². The number of hydrogen-bond acceptors (Lipinski definition) is 9. The summed E-state index contributed by atoms with van der Waals surface area (Å²) in [5, 5.41) is 14.4. The summed E-state index contributed by atoms with van der Waals surface area (Å²) < 4.78 is 51.9. The van der Waals surface area contributed by atoms with Gasteiger partial charge in [0.05, 0.1) is 48.8 Å². The molecule has 0 spiro atoms. The van der Waals surface area contributed by atoms with Crippen LogP contribution in [0.15, 0.2) is 89.8 Å². The largest absolute Gasteiger partial charge is 0.489 e. The molecule has 1 aliphatic carbocycles. The molecule has 0 aromatic heterocycles. The minimum Gasteiger partial charge on any atom is -0.489 e. The Bertz CT molecular complexity index is 1550. The van der Waals surface area contributed by atoms with Gasteiger partial charge in [0, 0.05) is 6.07 Å². The Balaban J connectivity index is 1.19. The van der Waals surface area contributed by atoms with E-state index >= 15 is 0 Å². The minimum atomic E-state index is -4.26. The van der Waals surface area contributed by atoms with Crippen LogP contribution in [0.4, 0.5) is 4.79 Å². The highest BCUT2D eigenvalue weighted by molar-refractivity contribution is 7.89. The van der Waals surface area contributed by atoms with Gasteiger partial charge >= 0.3 is 6.09 Å². The molecule has 2 heterocycles. The smallest absolute Gasteiger partial charge is 0.407 e. The Morgan fingerprint density at radius 1 is 0.936 bits per heavy atom. The summed E-state index contributed by atoms with van der Waals surface area (Å²) in [6.45, 7) is 0.621. The number of fused-ring (bicyclic) bond motifs is 1. The van der Waals surface area contributed by atoms with Crippen LogP contribution >= 0.6 is 0 Å². The molecule has 0 radical (unpaired) electrons. The maximum Gasteiger partial charge on any atom is 0.407 e. The van der Waals surface area contributed by atoms with Crippen molar-refractivity contribution < 1.29 is 42.1 Å². The Morgan fingerprint density at radius 2 is 1.66 bits per heavy atom. The summed E-state index contributed by atoms with van der Waals surface area (Å²) in [5.74, 6) is 0.333. The van der Waals surface area contributed by atoms with Crippen molar-refractivity contribution >= 4 is 16.1 Å². The first kappa shape index (κ1) is 33.4. The molecule has 12 heteroatoms. The molecule has 1 amide bonds. The Morgan fingerprint density at radius 3 is 2.40 bits per heavy atom. The van der Waals surface area contributed by atoms with Crippen LogP contribution in [0.25, 0.3) is 0 Å². The molecular formula is C35H42N2O9S. The molecule has 3 aliphatic rings. The van der Waals surface area contributed by atoms with Crippen molar-refractivity contribution in [3.8, 4) is 5.75 Å². The molecule has 1 unspecified atom stereocenters. The van der Waals surface area contributed by atoms with Gasteiger partial charge in [0.1, 0.15) is 18.5 Å². The van der Waals surface area contributed by atoms with Gasteiger partial charge in [-0.15, -0.1) is 0 Å². The maximum atomic E-state index is 14.1. The predicted molar refractivity (Wildman–Crippen MR) is 172 cm³/mol. The lowest BCUT2D eigenvalue weighted by Gasteiger charge is -2.31. The number of amides is 1. The lowest BCUT2D eigenvalue weighted by molar-refractivity contribution is -0.145. The van der Waals surface area contributed by atoms with E-state index in [2.05, 4.69) is 5.32 Å². The van der Waals surface area contributed by atoms with Gasteiger partial charge in [-0.2, -0.15) is 0 Å². The van der Waals surface area contributed by atoms with E-state index in [1.807, 2.05) is 60.7 Å². The predicted octanol–water partition coefficient (Wildman–Crippen LogP) is 4.59. The van der Waals surface area contributed by atoms with Gasteiger partial charge < -0.3 is 29.4 Å². The van der Waals surface area contributed by atoms with Crippen molar-refractivity contribution in [3.05, 3.63) is 96.1 Å². The molecular weight excluding hydrogens is 624 g/mol. The number of aliphatic hydroxyl groups is 1. The summed E-state index contributed by atoms with van der Waals surface area (Å²) in [5.41, 5.74) is 1.79. The normalized spacial score (nSPS) is 22.6. The lowest BCUT2D eigenvalue weighted by atomic mass is 10.0. The number of alkyl carbamates (subject to hydrolysis) is 1. The quantitative estimate of drug-likeness (QED) is 0.237. The number of rotatable bonds is 14. The fraction of sp³-hybridized carbons (Fsp3) is 0.457. The zero-order valence-corrected chi connectivity index (χ0v) is 27.0. The van der Waals surface area contributed by atoms with Gasteiger partial charge in [-0.1, -0.05) is 84.0 Å². The van der Waals surface area contributed by atoms with E-state index in [0.717, 1.165) is 34.9 Å². The number of nitrogens with one attached hydrogen (secondary N) is 1. The highest BCUT2D eigenvalue weighted by atomic mass is 32.2. The molecule has 2 saturated heterocycles. The molecule has 0 bridgehead atoms. The maximum absolute atomic E-state index is 14.1. The fourth-order valence-electron chi connectivity index (χ4n) is 6.24. The second-order valence-electron chi connectivity index (χ2n) is 12.2.